The molecule has 110 valence electrons. The predicted octanol–water partition coefficient (Wildman–Crippen LogP) is -3.68. The molecule has 1 aromatic carbocycles. The van der Waals surface area contributed by atoms with Gasteiger partial charge in [-0.05, 0) is 11.1 Å². The van der Waals surface area contributed by atoms with Crippen LogP contribution in [-0.2, 0) is 25.1 Å². The fraction of sp³-hybridized carbons (Fsp3) is 0.333. The Morgan fingerprint density at radius 1 is 1.19 bits per heavy atom. The van der Waals surface area contributed by atoms with Crippen LogP contribution < -0.4 is 0 Å². The van der Waals surface area contributed by atoms with Crippen molar-refractivity contribution in [3.8, 4) is 0 Å². The lowest BCUT2D eigenvalue weighted by Gasteiger charge is -2.27. The van der Waals surface area contributed by atoms with Gasteiger partial charge in [0.1, 0.15) is 31.4 Å². The predicted molar refractivity (Wildman–Crippen MR) is 88.8 cm³/mol. The minimum atomic E-state index is -3.74. The van der Waals surface area contributed by atoms with Crippen LogP contribution in [0.5, 0.6) is 0 Å². The van der Waals surface area contributed by atoms with Gasteiger partial charge in [0.2, 0.25) is 0 Å². The normalized spacial score (nSPS) is 13.0. The fourth-order valence-corrected chi connectivity index (χ4v) is 2.70. The highest BCUT2D eigenvalue weighted by molar-refractivity contribution is 7.86. The van der Waals surface area contributed by atoms with Crippen molar-refractivity contribution < 1.29 is 22.6 Å². The Bertz CT molecular complexity index is 669. The lowest BCUT2D eigenvalue weighted by atomic mass is 9.58. The van der Waals surface area contributed by atoms with Gasteiger partial charge in [-0.3, -0.25) is 14.3 Å². The number of benzene rings is 1. The molecule has 0 bridgehead atoms. The Labute approximate surface area is 127 Å². The maximum Gasteiger partial charge on any atom is 0.270 e. The second-order valence-electron chi connectivity index (χ2n) is 5.88. The van der Waals surface area contributed by atoms with E-state index in [2.05, 4.69) is 0 Å². The van der Waals surface area contributed by atoms with Crippen LogP contribution in [-0.4, -0.2) is 56.1 Å². The van der Waals surface area contributed by atoms with Gasteiger partial charge in [-0.15, -0.1) is 0 Å². The molecule has 0 saturated heterocycles. The number of non-ortho nitro benzene ring substituents is 1. The zero-order valence-electron chi connectivity index (χ0n) is 12.6. The Morgan fingerprint density at radius 3 is 2.05 bits per heavy atom. The number of rotatable bonds is 5. The summed E-state index contributed by atoms with van der Waals surface area (Å²) < 4.78 is 27.6. The maximum absolute atomic E-state index is 11.3. The van der Waals surface area contributed by atoms with Gasteiger partial charge >= 0.3 is 0 Å². The van der Waals surface area contributed by atoms with Crippen molar-refractivity contribution in [1.82, 2.24) is 0 Å². The average Bonchev–Trinajstić information content (AvgIpc) is 2.23. The zero-order chi connectivity index (χ0) is 16.6. The quantitative estimate of drug-likeness (QED) is 0.260. The first-order chi connectivity index (χ1) is 9.22. The first-order valence-electron chi connectivity index (χ1n) is 6.16. The Hall–Kier alpha value is -1.25. The summed E-state index contributed by atoms with van der Waals surface area (Å²) in [5.74, 6) is 0. The van der Waals surface area contributed by atoms with Crippen molar-refractivity contribution in [3.63, 3.8) is 0 Å². The second-order valence-corrected chi connectivity index (χ2v) is 7.46. The molecule has 0 aliphatic heterocycles. The fourth-order valence-electron chi connectivity index (χ4n) is 1.84. The first-order valence-corrected chi connectivity index (χ1v) is 7.97. The third kappa shape index (κ3) is 4.90. The molecule has 0 heterocycles. The summed E-state index contributed by atoms with van der Waals surface area (Å²) in [4.78, 5) is 10.4. The van der Waals surface area contributed by atoms with E-state index in [9.17, 15) is 23.6 Å². The molecule has 21 heavy (non-hydrogen) atoms. The summed E-state index contributed by atoms with van der Waals surface area (Å²) in [6.07, 6.45) is 0.906. The van der Waals surface area contributed by atoms with E-state index in [1.807, 2.05) is 0 Å². The highest BCUT2D eigenvalue weighted by Gasteiger charge is 2.30. The molecule has 1 N–H and O–H groups in total. The number of nitrogens with zero attached hydrogens (tertiary/aromatic N) is 1. The summed E-state index contributed by atoms with van der Waals surface area (Å²) in [7, 11) is 2.20. The van der Waals surface area contributed by atoms with Crippen LogP contribution in [0.1, 0.15) is 11.1 Å². The van der Waals surface area contributed by atoms with Crippen LogP contribution in [0, 0.1) is 10.1 Å². The van der Waals surface area contributed by atoms with E-state index in [4.69, 9.17) is 4.18 Å². The highest BCUT2D eigenvalue weighted by atomic mass is 32.2. The van der Waals surface area contributed by atoms with Crippen molar-refractivity contribution in [1.29, 1.82) is 0 Å². The van der Waals surface area contributed by atoms with Crippen LogP contribution in [0.3, 0.4) is 0 Å². The second kappa shape index (κ2) is 5.51. The molecule has 0 amide bonds. The van der Waals surface area contributed by atoms with Gasteiger partial charge in [0, 0.05) is 22.9 Å². The first kappa shape index (κ1) is 17.8. The van der Waals surface area contributed by atoms with Crippen LogP contribution in [0.25, 0.3) is 0 Å². The SMILES string of the molecule is BC(B)(O)c1cc([N+](=O)[O-])cc(C(B)(B)OS(C)(=O)=O)c1. The Morgan fingerprint density at radius 2 is 1.67 bits per heavy atom. The molecule has 0 aromatic heterocycles. The van der Waals surface area contributed by atoms with Crippen molar-refractivity contribution in [2.75, 3.05) is 6.26 Å². The zero-order valence-corrected chi connectivity index (χ0v) is 13.4. The summed E-state index contributed by atoms with van der Waals surface area (Å²) in [5.41, 5.74) is 0.353. The van der Waals surface area contributed by atoms with Crippen LogP contribution in [0.2, 0.25) is 0 Å². The molecule has 0 unspecified atom stereocenters. The largest absolute Gasteiger partial charge is 0.403 e. The monoisotopic (exact) mass is 309 g/mol. The van der Waals surface area contributed by atoms with Crippen LogP contribution in [0.4, 0.5) is 5.69 Å². The van der Waals surface area contributed by atoms with E-state index in [-0.39, 0.29) is 5.69 Å². The lowest BCUT2D eigenvalue weighted by Crippen LogP contribution is -2.34. The molecule has 0 saturated carbocycles. The van der Waals surface area contributed by atoms with Gasteiger partial charge in [0.15, 0.2) is 0 Å². The number of hydrogen-bond acceptors (Lipinski definition) is 6. The van der Waals surface area contributed by atoms with E-state index in [0.29, 0.717) is 11.1 Å². The Balaban J connectivity index is 3.48. The van der Waals surface area contributed by atoms with Crippen molar-refractivity contribution in [3.05, 3.63) is 39.4 Å². The molecule has 1 aromatic rings. The van der Waals surface area contributed by atoms with Gasteiger partial charge in [-0.2, -0.15) is 8.42 Å². The van der Waals surface area contributed by atoms with E-state index < -0.39 is 25.8 Å². The van der Waals surface area contributed by atoms with E-state index in [1.54, 1.807) is 0 Å². The lowest BCUT2D eigenvalue weighted by molar-refractivity contribution is -0.385. The average molecular weight is 309 g/mol. The van der Waals surface area contributed by atoms with Gasteiger partial charge in [-0.1, -0.05) is 6.07 Å². The maximum atomic E-state index is 11.3. The number of hydrogen-bond donors (Lipinski definition) is 1. The molecule has 0 aliphatic carbocycles. The van der Waals surface area contributed by atoms with E-state index in [1.165, 1.54) is 49.6 Å². The third-order valence-corrected chi connectivity index (χ3v) is 3.61. The Kier molecular flexibility index (Phi) is 4.67. The van der Waals surface area contributed by atoms with Gasteiger partial charge in [-0.25, -0.2) is 0 Å². The third-order valence-electron chi connectivity index (χ3n) is 2.89. The summed E-state index contributed by atoms with van der Waals surface area (Å²) in [5, 5.41) is 18.4. The molecule has 0 spiro atoms. The summed E-state index contributed by atoms with van der Waals surface area (Å²) >= 11 is 0. The molecule has 0 aliphatic rings. The molecule has 0 atom stereocenters. The van der Waals surface area contributed by atoms with Crippen molar-refractivity contribution in [2.45, 2.75) is 10.8 Å². The number of aliphatic hydroxyl groups is 1. The van der Waals surface area contributed by atoms with Crippen molar-refractivity contribution in [2.24, 2.45) is 0 Å². The molecular weight excluding hydrogens is 293 g/mol. The number of nitro groups is 1. The van der Waals surface area contributed by atoms with Gasteiger partial charge in [0.25, 0.3) is 15.8 Å². The minimum absolute atomic E-state index is 0.241. The standard InChI is InChI=1S/C9H15B4NO6S/c1-21(18,19)20-9(12,13)6-2-5(8(10,11)15)3-7(4-6)14(16)17/h2-4,15H,10-13H2,1H3. The van der Waals surface area contributed by atoms with Crippen molar-refractivity contribution >= 4 is 47.2 Å². The van der Waals surface area contributed by atoms with Crippen LogP contribution in [0.15, 0.2) is 18.2 Å². The highest BCUT2D eigenvalue weighted by Crippen LogP contribution is 2.29. The molecule has 0 radical (unpaired) electrons. The molecule has 1 rings (SSSR count). The van der Waals surface area contributed by atoms with E-state index >= 15 is 0 Å². The molecule has 0 fully saturated rings. The topological polar surface area (TPSA) is 107 Å². The van der Waals surface area contributed by atoms with Crippen LogP contribution >= 0.6 is 0 Å². The molecular formula is C9H15B4NO6S. The summed E-state index contributed by atoms with van der Waals surface area (Å²) in [6, 6.07) is 3.98. The minimum Gasteiger partial charge on any atom is -0.403 e. The summed E-state index contributed by atoms with van der Waals surface area (Å²) in [6.45, 7) is 0. The number of nitro benzene ring substituents is 1. The van der Waals surface area contributed by atoms with Gasteiger partial charge < -0.3 is 5.11 Å². The molecule has 7 nitrogen and oxygen atoms in total. The van der Waals surface area contributed by atoms with E-state index in [0.717, 1.165) is 6.26 Å². The van der Waals surface area contributed by atoms with Gasteiger partial charge in [0.05, 0.1) is 11.2 Å². The smallest absolute Gasteiger partial charge is 0.270 e. The molecule has 12 heteroatoms.